The molecule has 8 heteroatoms. The van der Waals surface area contributed by atoms with Crippen LogP contribution in [0.4, 0.5) is 0 Å². The average molecular weight is 376 g/mol. The van der Waals surface area contributed by atoms with E-state index in [1.54, 1.807) is 23.1 Å². The fourth-order valence-corrected chi connectivity index (χ4v) is 3.75. The molecule has 0 atom stereocenters. The molecule has 0 spiro atoms. The Morgan fingerprint density at radius 3 is 2.80 bits per heavy atom. The number of rotatable bonds is 8. The molecule has 0 fully saturated rings. The van der Waals surface area contributed by atoms with Crippen LogP contribution < -0.4 is 4.74 Å². The van der Waals surface area contributed by atoms with Crippen LogP contribution >= 0.6 is 23.1 Å². The van der Waals surface area contributed by atoms with E-state index in [0.29, 0.717) is 12.5 Å². The second kappa shape index (κ2) is 8.44. The molecule has 0 saturated carbocycles. The van der Waals surface area contributed by atoms with E-state index in [4.69, 9.17) is 4.74 Å². The van der Waals surface area contributed by atoms with Gasteiger partial charge in [-0.3, -0.25) is 0 Å². The number of aromatic nitrogens is 5. The zero-order valence-electron chi connectivity index (χ0n) is 14.5. The van der Waals surface area contributed by atoms with Crippen molar-refractivity contribution in [3.05, 3.63) is 45.9 Å². The third-order valence-electron chi connectivity index (χ3n) is 3.37. The van der Waals surface area contributed by atoms with Gasteiger partial charge in [-0.05, 0) is 35.4 Å². The van der Waals surface area contributed by atoms with Crippen LogP contribution in [0.2, 0.25) is 0 Å². The molecule has 3 rings (SSSR count). The molecule has 6 nitrogen and oxygen atoms in total. The van der Waals surface area contributed by atoms with E-state index in [0.717, 1.165) is 33.9 Å². The first-order chi connectivity index (χ1) is 12.1. The Kier molecular flexibility index (Phi) is 6.04. The molecule has 2 heterocycles. The van der Waals surface area contributed by atoms with Gasteiger partial charge in [-0.2, -0.15) is 0 Å². The molecule has 132 valence electrons. The molecule has 0 aliphatic heterocycles. The molecular weight excluding hydrogens is 354 g/mol. The molecule has 3 aromatic rings. The Balaban J connectivity index is 1.52. The molecule has 0 amide bonds. The zero-order valence-corrected chi connectivity index (χ0v) is 16.2. The van der Waals surface area contributed by atoms with Gasteiger partial charge in [-0.1, -0.05) is 43.3 Å². The highest BCUT2D eigenvalue weighted by Crippen LogP contribution is 2.22. The maximum absolute atomic E-state index is 5.78. The Morgan fingerprint density at radius 2 is 2.04 bits per heavy atom. The van der Waals surface area contributed by atoms with Crippen molar-refractivity contribution in [2.75, 3.05) is 0 Å². The summed E-state index contributed by atoms with van der Waals surface area (Å²) >= 11 is 3.22. The lowest BCUT2D eigenvalue weighted by Gasteiger charge is -2.05. The smallest absolute Gasteiger partial charge is 0.209 e. The van der Waals surface area contributed by atoms with Crippen molar-refractivity contribution >= 4 is 23.1 Å². The predicted octanol–water partition coefficient (Wildman–Crippen LogP) is 3.97. The summed E-state index contributed by atoms with van der Waals surface area (Å²) in [7, 11) is 0. The number of hydrogen-bond acceptors (Lipinski definition) is 7. The van der Waals surface area contributed by atoms with Gasteiger partial charge in [0, 0.05) is 17.7 Å². The van der Waals surface area contributed by atoms with Crippen LogP contribution in [0.15, 0.2) is 34.8 Å². The topological polar surface area (TPSA) is 65.7 Å². The van der Waals surface area contributed by atoms with Crippen molar-refractivity contribution < 1.29 is 4.74 Å². The van der Waals surface area contributed by atoms with Crippen LogP contribution in [0, 0.1) is 12.8 Å². The summed E-state index contributed by atoms with van der Waals surface area (Å²) in [5.74, 6) is 2.12. The SMILES string of the molecule is Cc1ccc(OCc2nc(CSc3nnnn3CC(C)C)cs2)cc1. The van der Waals surface area contributed by atoms with Crippen LogP contribution in [0.1, 0.15) is 30.1 Å². The van der Waals surface area contributed by atoms with Gasteiger partial charge in [0.2, 0.25) is 5.16 Å². The van der Waals surface area contributed by atoms with E-state index >= 15 is 0 Å². The Hall–Kier alpha value is -1.93. The number of aryl methyl sites for hydroxylation is 1. The van der Waals surface area contributed by atoms with Crippen molar-refractivity contribution in [1.29, 1.82) is 0 Å². The second-order valence-corrected chi connectivity index (χ2v) is 8.05. The molecule has 0 unspecified atom stereocenters. The van der Waals surface area contributed by atoms with Gasteiger partial charge in [0.25, 0.3) is 0 Å². The fraction of sp³-hybridized carbons (Fsp3) is 0.412. The summed E-state index contributed by atoms with van der Waals surface area (Å²) in [6, 6.07) is 8.05. The van der Waals surface area contributed by atoms with Crippen LogP contribution in [0.25, 0.3) is 0 Å². The van der Waals surface area contributed by atoms with Crippen LogP contribution in [0.3, 0.4) is 0 Å². The monoisotopic (exact) mass is 375 g/mol. The molecule has 0 N–H and O–H groups in total. The highest BCUT2D eigenvalue weighted by atomic mass is 32.2. The molecule has 0 radical (unpaired) electrons. The molecule has 1 aromatic carbocycles. The number of thiazole rings is 1. The van der Waals surface area contributed by atoms with Gasteiger partial charge in [-0.25, -0.2) is 9.67 Å². The predicted molar refractivity (Wildman–Crippen MR) is 99.8 cm³/mol. The van der Waals surface area contributed by atoms with E-state index in [9.17, 15) is 0 Å². The second-order valence-electron chi connectivity index (χ2n) is 6.16. The lowest BCUT2D eigenvalue weighted by Crippen LogP contribution is -2.07. The molecule has 0 aliphatic rings. The third kappa shape index (κ3) is 5.27. The van der Waals surface area contributed by atoms with E-state index in [1.807, 2.05) is 28.9 Å². The van der Waals surface area contributed by atoms with Gasteiger partial charge in [-0.15, -0.1) is 16.4 Å². The molecule has 0 aliphatic carbocycles. The van der Waals surface area contributed by atoms with Gasteiger partial charge in [0.05, 0.1) is 5.69 Å². The minimum Gasteiger partial charge on any atom is -0.486 e. The maximum Gasteiger partial charge on any atom is 0.209 e. The van der Waals surface area contributed by atoms with Gasteiger partial charge in [0.15, 0.2) is 0 Å². The van der Waals surface area contributed by atoms with E-state index < -0.39 is 0 Å². The zero-order chi connectivity index (χ0) is 17.6. The Labute approximate surface area is 155 Å². The average Bonchev–Trinajstić information content (AvgIpc) is 3.21. The number of thioether (sulfide) groups is 1. The quantitative estimate of drug-likeness (QED) is 0.555. The van der Waals surface area contributed by atoms with Crippen molar-refractivity contribution in [2.24, 2.45) is 5.92 Å². The van der Waals surface area contributed by atoms with Crippen molar-refractivity contribution in [3.8, 4) is 5.75 Å². The van der Waals surface area contributed by atoms with Crippen LogP contribution in [-0.2, 0) is 18.9 Å². The summed E-state index contributed by atoms with van der Waals surface area (Å²) < 4.78 is 7.63. The largest absolute Gasteiger partial charge is 0.486 e. The summed E-state index contributed by atoms with van der Waals surface area (Å²) in [4.78, 5) is 4.63. The van der Waals surface area contributed by atoms with Crippen molar-refractivity contribution in [3.63, 3.8) is 0 Å². The third-order valence-corrected chi connectivity index (χ3v) is 5.23. The lowest BCUT2D eigenvalue weighted by molar-refractivity contribution is 0.305. The fourth-order valence-electron chi connectivity index (χ4n) is 2.16. The molecule has 0 saturated heterocycles. The summed E-state index contributed by atoms with van der Waals surface area (Å²) in [5.41, 5.74) is 2.25. The summed E-state index contributed by atoms with van der Waals surface area (Å²) in [6.07, 6.45) is 0. The molecular formula is C17H21N5OS2. The summed E-state index contributed by atoms with van der Waals surface area (Å²) in [5, 5.41) is 15.8. The first kappa shape index (κ1) is 17.9. The van der Waals surface area contributed by atoms with E-state index in [1.165, 1.54) is 5.56 Å². The number of tetrazole rings is 1. The molecule has 25 heavy (non-hydrogen) atoms. The lowest BCUT2D eigenvalue weighted by atomic mass is 10.2. The van der Waals surface area contributed by atoms with Crippen molar-refractivity contribution in [2.45, 2.75) is 44.8 Å². The van der Waals surface area contributed by atoms with Crippen LogP contribution in [0.5, 0.6) is 5.75 Å². The van der Waals surface area contributed by atoms with E-state index in [-0.39, 0.29) is 0 Å². The minimum atomic E-state index is 0.490. The summed E-state index contributed by atoms with van der Waals surface area (Å²) in [6.45, 7) is 7.67. The first-order valence-corrected chi connectivity index (χ1v) is 9.98. The number of benzene rings is 1. The maximum atomic E-state index is 5.78. The highest BCUT2D eigenvalue weighted by Gasteiger charge is 2.10. The Bertz CT molecular complexity index is 797. The minimum absolute atomic E-state index is 0.490. The van der Waals surface area contributed by atoms with Crippen LogP contribution in [-0.4, -0.2) is 25.2 Å². The number of ether oxygens (including phenoxy) is 1. The normalized spacial score (nSPS) is 11.2. The molecule has 2 aromatic heterocycles. The van der Waals surface area contributed by atoms with Crippen molar-refractivity contribution in [1.82, 2.24) is 25.2 Å². The number of hydrogen-bond donors (Lipinski definition) is 0. The van der Waals surface area contributed by atoms with E-state index in [2.05, 4.69) is 46.7 Å². The van der Waals surface area contributed by atoms with Gasteiger partial charge >= 0.3 is 0 Å². The standard InChI is InChI=1S/C17H21N5OS2/c1-12(2)8-22-17(19-20-21-22)25-11-14-10-24-16(18-14)9-23-15-6-4-13(3)5-7-15/h4-7,10,12H,8-9,11H2,1-3H3. The van der Waals surface area contributed by atoms with Gasteiger partial charge in [0.1, 0.15) is 17.4 Å². The highest BCUT2D eigenvalue weighted by molar-refractivity contribution is 7.98. The number of nitrogens with zero attached hydrogens (tertiary/aromatic N) is 5. The van der Waals surface area contributed by atoms with Gasteiger partial charge < -0.3 is 4.74 Å². The Morgan fingerprint density at radius 1 is 1.24 bits per heavy atom. The molecule has 0 bridgehead atoms. The first-order valence-electron chi connectivity index (χ1n) is 8.12.